The van der Waals surface area contributed by atoms with Gasteiger partial charge in [-0.3, -0.25) is 0 Å². The van der Waals surface area contributed by atoms with Crippen molar-refractivity contribution >= 4 is 10.0 Å². The number of benzene rings is 2. The Balaban J connectivity index is 1.91. The summed E-state index contributed by atoms with van der Waals surface area (Å²) in [6.07, 6.45) is 1.81. The highest BCUT2D eigenvalue weighted by atomic mass is 32.2. The van der Waals surface area contributed by atoms with E-state index in [0.29, 0.717) is 12.1 Å². The zero-order chi connectivity index (χ0) is 15.6. The molecule has 0 amide bonds. The third kappa shape index (κ3) is 3.03. The molecule has 0 aromatic heterocycles. The lowest BCUT2D eigenvalue weighted by molar-refractivity contribution is 0.398. The summed E-state index contributed by atoms with van der Waals surface area (Å²) in [6, 6.07) is 17.8. The van der Waals surface area contributed by atoms with Gasteiger partial charge in [0.15, 0.2) is 0 Å². The summed E-state index contributed by atoms with van der Waals surface area (Å²) in [5.74, 6) is 0. The van der Waals surface area contributed by atoms with Gasteiger partial charge in [-0.15, -0.1) is 0 Å². The lowest BCUT2D eigenvalue weighted by Gasteiger charge is -2.22. The van der Waals surface area contributed by atoms with Crippen molar-refractivity contribution < 1.29 is 8.42 Å². The molecule has 0 heterocycles. The van der Waals surface area contributed by atoms with Gasteiger partial charge in [-0.2, -0.15) is 9.57 Å². The van der Waals surface area contributed by atoms with E-state index in [-0.39, 0.29) is 10.9 Å². The van der Waals surface area contributed by atoms with E-state index in [1.165, 1.54) is 12.1 Å². The molecule has 0 N–H and O–H groups in total. The summed E-state index contributed by atoms with van der Waals surface area (Å²) in [5, 5.41) is 8.82. The van der Waals surface area contributed by atoms with Gasteiger partial charge in [0, 0.05) is 12.6 Å². The molecule has 22 heavy (non-hydrogen) atoms. The van der Waals surface area contributed by atoms with Crippen LogP contribution < -0.4 is 0 Å². The van der Waals surface area contributed by atoms with Crippen LogP contribution in [0.5, 0.6) is 0 Å². The Hall–Kier alpha value is -2.16. The molecular formula is C17H16N2O2S. The van der Waals surface area contributed by atoms with Crippen LogP contribution in [0.15, 0.2) is 59.5 Å². The zero-order valence-electron chi connectivity index (χ0n) is 12.0. The summed E-state index contributed by atoms with van der Waals surface area (Å²) in [7, 11) is -3.54. The molecule has 112 valence electrons. The van der Waals surface area contributed by atoms with Crippen LogP contribution in [0, 0.1) is 11.3 Å². The van der Waals surface area contributed by atoms with Gasteiger partial charge in [0.25, 0.3) is 0 Å². The fourth-order valence-corrected chi connectivity index (χ4v) is 4.05. The Labute approximate surface area is 130 Å². The SMILES string of the molecule is N#Cc1ccc(S(=O)(=O)N(Cc2ccccc2)C2CC2)cc1. The van der Waals surface area contributed by atoms with Crippen LogP contribution in [0.3, 0.4) is 0 Å². The fraction of sp³-hybridized carbons (Fsp3) is 0.235. The van der Waals surface area contributed by atoms with Crippen LogP contribution in [0.1, 0.15) is 24.0 Å². The van der Waals surface area contributed by atoms with Crippen LogP contribution >= 0.6 is 0 Å². The van der Waals surface area contributed by atoms with Crippen molar-refractivity contribution in [2.75, 3.05) is 0 Å². The molecule has 3 rings (SSSR count). The minimum atomic E-state index is -3.54. The Morgan fingerprint density at radius 1 is 1.05 bits per heavy atom. The predicted molar refractivity (Wildman–Crippen MR) is 83.3 cm³/mol. The van der Waals surface area contributed by atoms with Crippen LogP contribution in [-0.2, 0) is 16.6 Å². The van der Waals surface area contributed by atoms with Crippen LogP contribution in [0.25, 0.3) is 0 Å². The van der Waals surface area contributed by atoms with Gasteiger partial charge >= 0.3 is 0 Å². The van der Waals surface area contributed by atoms with Crippen LogP contribution in [0.4, 0.5) is 0 Å². The second-order valence-corrected chi connectivity index (χ2v) is 7.29. The molecule has 1 fully saturated rings. The molecule has 5 heteroatoms. The minimum Gasteiger partial charge on any atom is -0.207 e. The van der Waals surface area contributed by atoms with Gasteiger partial charge in [0.05, 0.1) is 16.5 Å². The predicted octanol–water partition coefficient (Wildman–Crippen LogP) is 2.91. The molecule has 0 saturated heterocycles. The Kier molecular flexibility index (Phi) is 3.97. The van der Waals surface area contributed by atoms with E-state index in [0.717, 1.165) is 18.4 Å². The van der Waals surface area contributed by atoms with Crippen LogP contribution in [0.2, 0.25) is 0 Å². The highest BCUT2D eigenvalue weighted by molar-refractivity contribution is 7.89. The third-order valence-electron chi connectivity index (χ3n) is 3.73. The van der Waals surface area contributed by atoms with Gasteiger partial charge in [0.1, 0.15) is 0 Å². The molecule has 1 saturated carbocycles. The van der Waals surface area contributed by atoms with Crippen molar-refractivity contribution in [1.29, 1.82) is 5.26 Å². The van der Waals surface area contributed by atoms with E-state index in [1.807, 2.05) is 36.4 Å². The van der Waals surface area contributed by atoms with Crippen molar-refractivity contribution in [3.63, 3.8) is 0 Å². The molecule has 2 aromatic rings. The Morgan fingerprint density at radius 2 is 1.68 bits per heavy atom. The maximum Gasteiger partial charge on any atom is 0.243 e. The zero-order valence-corrected chi connectivity index (χ0v) is 12.8. The molecule has 0 atom stereocenters. The summed E-state index contributed by atoms with van der Waals surface area (Å²) >= 11 is 0. The van der Waals surface area contributed by atoms with Crippen LogP contribution in [-0.4, -0.2) is 18.8 Å². The van der Waals surface area contributed by atoms with Crippen molar-refractivity contribution in [2.24, 2.45) is 0 Å². The molecule has 0 unspecified atom stereocenters. The number of nitrogens with zero attached hydrogens (tertiary/aromatic N) is 2. The Morgan fingerprint density at radius 3 is 2.23 bits per heavy atom. The smallest absolute Gasteiger partial charge is 0.207 e. The van der Waals surface area contributed by atoms with Crippen molar-refractivity contribution in [3.8, 4) is 6.07 Å². The summed E-state index contributed by atoms with van der Waals surface area (Å²) in [6.45, 7) is 0.383. The molecule has 2 aromatic carbocycles. The normalized spacial score (nSPS) is 14.7. The molecule has 0 radical (unpaired) electrons. The molecule has 0 aliphatic heterocycles. The molecule has 1 aliphatic carbocycles. The van der Waals surface area contributed by atoms with Gasteiger partial charge in [0.2, 0.25) is 10.0 Å². The minimum absolute atomic E-state index is 0.0841. The highest BCUT2D eigenvalue weighted by Crippen LogP contribution is 2.33. The first-order valence-electron chi connectivity index (χ1n) is 7.17. The van der Waals surface area contributed by atoms with Crippen molar-refractivity contribution in [2.45, 2.75) is 30.3 Å². The average molecular weight is 312 g/mol. The van der Waals surface area contributed by atoms with Gasteiger partial charge in [-0.05, 0) is 42.7 Å². The van der Waals surface area contributed by atoms with Gasteiger partial charge in [-0.25, -0.2) is 8.42 Å². The lowest BCUT2D eigenvalue weighted by Crippen LogP contribution is -2.32. The monoisotopic (exact) mass is 312 g/mol. The summed E-state index contributed by atoms with van der Waals surface area (Å²) in [5.41, 5.74) is 1.44. The first-order valence-corrected chi connectivity index (χ1v) is 8.61. The maximum atomic E-state index is 12.9. The maximum absolute atomic E-state index is 12.9. The van der Waals surface area contributed by atoms with Crippen molar-refractivity contribution in [3.05, 3.63) is 65.7 Å². The molecule has 4 nitrogen and oxygen atoms in total. The number of nitriles is 1. The number of hydrogen-bond acceptors (Lipinski definition) is 3. The number of sulfonamides is 1. The van der Waals surface area contributed by atoms with Gasteiger partial charge in [-0.1, -0.05) is 30.3 Å². The third-order valence-corrected chi connectivity index (χ3v) is 5.64. The first-order chi connectivity index (χ1) is 10.6. The second-order valence-electron chi connectivity index (χ2n) is 5.40. The topological polar surface area (TPSA) is 61.2 Å². The molecular weight excluding hydrogens is 296 g/mol. The summed E-state index contributed by atoms with van der Waals surface area (Å²) in [4.78, 5) is 0.245. The molecule has 0 spiro atoms. The van der Waals surface area contributed by atoms with E-state index in [2.05, 4.69) is 0 Å². The quantitative estimate of drug-likeness (QED) is 0.853. The van der Waals surface area contributed by atoms with E-state index >= 15 is 0 Å². The number of hydrogen-bond donors (Lipinski definition) is 0. The van der Waals surface area contributed by atoms with E-state index in [9.17, 15) is 8.42 Å². The lowest BCUT2D eigenvalue weighted by atomic mass is 10.2. The van der Waals surface area contributed by atoms with Gasteiger partial charge < -0.3 is 0 Å². The van der Waals surface area contributed by atoms with E-state index in [1.54, 1.807) is 16.4 Å². The first kappa shape index (κ1) is 14.8. The molecule has 1 aliphatic rings. The number of rotatable bonds is 5. The molecule has 0 bridgehead atoms. The average Bonchev–Trinajstić information content (AvgIpc) is 3.38. The largest absolute Gasteiger partial charge is 0.243 e. The van der Waals surface area contributed by atoms with Crippen molar-refractivity contribution in [1.82, 2.24) is 4.31 Å². The summed E-state index contributed by atoms with van der Waals surface area (Å²) < 4.78 is 27.3. The van der Waals surface area contributed by atoms with E-state index in [4.69, 9.17) is 5.26 Å². The van der Waals surface area contributed by atoms with E-state index < -0.39 is 10.0 Å². The standard InChI is InChI=1S/C17H16N2O2S/c18-12-14-6-10-17(11-7-14)22(20,21)19(16-8-9-16)13-15-4-2-1-3-5-15/h1-7,10-11,16H,8-9,13H2. The second kappa shape index (κ2) is 5.91. The highest BCUT2D eigenvalue weighted by Gasteiger charge is 2.37. The fourth-order valence-electron chi connectivity index (χ4n) is 2.37. The Bertz CT molecular complexity index is 789.